The van der Waals surface area contributed by atoms with E-state index in [1.165, 1.54) is 19.5 Å². The van der Waals surface area contributed by atoms with Gasteiger partial charge in [0.15, 0.2) is 0 Å². The van der Waals surface area contributed by atoms with Crippen molar-refractivity contribution in [3.63, 3.8) is 0 Å². The maximum Gasteiger partial charge on any atom is 0.251 e. The molecule has 2 rings (SSSR count). The number of benzene rings is 1. The lowest BCUT2D eigenvalue weighted by Gasteiger charge is -2.34. The lowest BCUT2D eigenvalue weighted by atomic mass is 9.92. The van der Waals surface area contributed by atoms with E-state index in [9.17, 15) is 4.79 Å². The van der Waals surface area contributed by atoms with E-state index in [1.54, 1.807) is 0 Å². The highest BCUT2D eigenvalue weighted by atomic mass is 16.5. The van der Waals surface area contributed by atoms with Gasteiger partial charge < -0.3 is 15.0 Å². The fourth-order valence-corrected chi connectivity index (χ4v) is 3.45. The van der Waals surface area contributed by atoms with Gasteiger partial charge in [-0.25, -0.2) is 0 Å². The first-order valence-electron chi connectivity index (χ1n) is 8.82. The average molecular weight is 318 g/mol. The van der Waals surface area contributed by atoms with Crippen molar-refractivity contribution in [2.75, 3.05) is 32.8 Å². The quantitative estimate of drug-likeness (QED) is 0.785. The Kier molecular flexibility index (Phi) is 6.90. The maximum atomic E-state index is 12.1. The van der Waals surface area contributed by atoms with E-state index in [0.29, 0.717) is 12.2 Å². The highest BCUT2D eigenvalue weighted by molar-refractivity contribution is 5.94. The van der Waals surface area contributed by atoms with Crippen LogP contribution >= 0.6 is 0 Å². The summed E-state index contributed by atoms with van der Waals surface area (Å²) in [4.78, 5) is 14.6. The fourth-order valence-electron chi connectivity index (χ4n) is 3.45. The molecule has 0 unspecified atom stereocenters. The zero-order valence-electron chi connectivity index (χ0n) is 14.7. The van der Waals surface area contributed by atoms with E-state index in [2.05, 4.69) is 24.1 Å². The van der Waals surface area contributed by atoms with E-state index in [0.717, 1.165) is 37.1 Å². The Labute approximate surface area is 140 Å². The molecule has 1 amide bonds. The SMILES string of the molecule is CCOc1ccc(C(=O)NCCCN2C[C@H](C)C[C@H](C)C2)cc1. The minimum atomic E-state index is -0.00608. The molecule has 0 aliphatic carbocycles. The molecule has 4 nitrogen and oxygen atoms in total. The van der Waals surface area contributed by atoms with Crippen LogP contribution in [0.15, 0.2) is 24.3 Å². The van der Waals surface area contributed by atoms with Crippen LogP contribution in [0.4, 0.5) is 0 Å². The molecular formula is C19H30N2O2. The third-order valence-electron chi connectivity index (χ3n) is 4.31. The topological polar surface area (TPSA) is 41.6 Å². The molecule has 4 heteroatoms. The standard InChI is InChI=1S/C19H30N2O2/c1-4-23-18-8-6-17(7-9-18)19(22)20-10-5-11-21-13-15(2)12-16(3)14-21/h6-9,15-16H,4-5,10-14H2,1-3H3,(H,20,22)/t15-,16+. The normalized spacial score (nSPS) is 21.9. The van der Waals surface area contributed by atoms with Crippen molar-refractivity contribution in [2.45, 2.75) is 33.6 Å². The van der Waals surface area contributed by atoms with Gasteiger partial charge >= 0.3 is 0 Å². The Balaban J connectivity index is 1.68. The minimum absolute atomic E-state index is 0.00608. The van der Waals surface area contributed by atoms with Gasteiger partial charge in [0.05, 0.1) is 6.61 Å². The summed E-state index contributed by atoms with van der Waals surface area (Å²) in [6.07, 6.45) is 2.34. The number of ether oxygens (including phenoxy) is 1. The molecule has 1 aromatic carbocycles. The molecule has 2 atom stereocenters. The second-order valence-electron chi connectivity index (χ2n) is 6.77. The van der Waals surface area contributed by atoms with E-state index in [4.69, 9.17) is 4.74 Å². The van der Waals surface area contributed by atoms with Crippen molar-refractivity contribution >= 4 is 5.91 Å². The minimum Gasteiger partial charge on any atom is -0.494 e. The summed E-state index contributed by atoms with van der Waals surface area (Å²) in [7, 11) is 0. The number of rotatable bonds is 7. The molecule has 1 N–H and O–H groups in total. The lowest BCUT2D eigenvalue weighted by molar-refractivity contribution is 0.0947. The number of likely N-dealkylation sites (tertiary alicyclic amines) is 1. The van der Waals surface area contributed by atoms with Crippen LogP contribution in [0.3, 0.4) is 0 Å². The van der Waals surface area contributed by atoms with Gasteiger partial charge in [-0.3, -0.25) is 4.79 Å². The molecule has 1 aliphatic heterocycles. The molecule has 0 aromatic heterocycles. The molecule has 1 aromatic rings. The van der Waals surface area contributed by atoms with Crippen molar-refractivity contribution in [3.8, 4) is 5.75 Å². The van der Waals surface area contributed by atoms with Crippen LogP contribution in [-0.4, -0.2) is 43.6 Å². The van der Waals surface area contributed by atoms with Gasteiger partial charge in [0.2, 0.25) is 0 Å². The zero-order valence-corrected chi connectivity index (χ0v) is 14.7. The Hall–Kier alpha value is -1.55. The van der Waals surface area contributed by atoms with Crippen LogP contribution in [-0.2, 0) is 0 Å². The van der Waals surface area contributed by atoms with Gasteiger partial charge in [-0.2, -0.15) is 0 Å². The lowest BCUT2D eigenvalue weighted by Crippen LogP contribution is -2.40. The van der Waals surface area contributed by atoms with Gasteiger partial charge in [0, 0.05) is 25.2 Å². The molecule has 0 radical (unpaired) electrons. The van der Waals surface area contributed by atoms with Crippen molar-refractivity contribution in [1.29, 1.82) is 0 Å². The van der Waals surface area contributed by atoms with Crippen LogP contribution in [0, 0.1) is 11.8 Å². The van der Waals surface area contributed by atoms with Crippen LogP contribution in [0.1, 0.15) is 44.0 Å². The largest absolute Gasteiger partial charge is 0.494 e. The molecule has 0 saturated carbocycles. The predicted molar refractivity (Wildman–Crippen MR) is 93.9 cm³/mol. The first kappa shape index (κ1) is 17.8. The Morgan fingerprint density at radius 2 is 1.87 bits per heavy atom. The zero-order chi connectivity index (χ0) is 16.7. The van der Waals surface area contributed by atoms with Crippen molar-refractivity contribution in [2.24, 2.45) is 11.8 Å². The van der Waals surface area contributed by atoms with Gasteiger partial charge in [0.25, 0.3) is 5.91 Å². The van der Waals surface area contributed by atoms with Gasteiger partial charge in [-0.05, 0) is 62.4 Å². The Morgan fingerprint density at radius 3 is 2.48 bits per heavy atom. The number of nitrogens with zero attached hydrogens (tertiary/aromatic N) is 1. The first-order chi connectivity index (χ1) is 11.1. The van der Waals surface area contributed by atoms with Crippen molar-refractivity contribution in [1.82, 2.24) is 10.2 Å². The molecule has 1 fully saturated rings. The van der Waals surface area contributed by atoms with Crippen molar-refractivity contribution < 1.29 is 9.53 Å². The third kappa shape index (κ3) is 5.87. The number of hydrogen-bond acceptors (Lipinski definition) is 3. The Morgan fingerprint density at radius 1 is 1.22 bits per heavy atom. The van der Waals surface area contributed by atoms with Crippen LogP contribution < -0.4 is 10.1 Å². The summed E-state index contributed by atoms with van der Waals surface area (Å²) in [5.74, 6) is 2.38. The molecular weight excluding hydrogens is 288 g/mol. The van der Waals surface area contributed by atoms with Gasteiger partial charge in [-0.1, -0.05) is 13.8 Å². The summed E-state index contributed by atoms with van der Waals surface area (Å²) >= 11 is 0. The van der Waals surface area contributed by atoms with E-state index in [1.807, 2.05) is 31.2 Å². The Bertz CT molecular complexity index is 477. The predicted octanol–water partition coefficient (Wildman–Crippen LogP) is 3.18. The summed E-state index contributed by atoms with van der Waals surface area (Å²) in [5, 5.41) is 3.01. The fraction of sp³-hybridized carbons (Fsp3) is 0.632. The summed E-state index contributed by atoms with van der Waals surface area (Å²) in [6, 6.07) is 7.31. The third-order valence-corrected chi connectivity index (χ3v) is 4.31. The van der Waals surface area contributed by atoms with Crippen molar-refractivity contribution in [3.05, 3.63) is 29.8 Å². The van der Waals surface area contributed by atoms with Gasteiger partial charge in [-0.15, -0.1) is 0 Å². The second kappa shape index (κ2) is 8.92. The first-order valence-corrected chi connectivity index (χ1v) is 8.82. The smallest absolute Gasteiger partial charge is 0.251 e. The van der Waals surface area contributed by atoms with E-state index < -0.39 is 0 Å². The summed E-state index contributed by atoms with van der Waals surface area (Å²) in [5.41, 5.74) is 0.689. The van der Waals surface area contributed by atoms with Crippen LogP contribution in [0.5, 0.6) is 5.75 Å². The van der Waals surface area contributed by atoms with E-state index in [-0.39, 0.29) is 5.91 Å². The number of carbonyl (C=O) groups excluding carboxylic acids is 1. The summed E-state index contributed by atoms with van der Waals surface area (Å²) in [6.45, 7) is 11.4. The molecule has 0 bridgehead atoms. The highest BCUT2D eigenvalue weighted by Crippen LogP contribution is 2.20. The molecule has 1 saturated heterocycles. The number of piperidine rings is 1. The highest BCUT2D eigenvalue weighted by Gasteiger charge is 2.21. The number of nitrogens with one attached hydrogen (secondary N) is 1. The van der Waals surface area contributed by atoms with Crippen LogP contribution in [0.25, 0.3) is 0 Å². The van der Waals surface area contributed by atoms with Gasteiger partial charge in [0.1, 0.15) is 5.75 Å². The molecule has 1 aliphatic rings. The molecule has 128 valence electrons. The number of amides is 1. The monoisotopic (exact) mass is 318 g/mol. The molecule has 1 heterocycles. The molecule has 0 spiro atoms. The number of carbonyl (C=O) groups is 1. The average Bonchev–Trinajstić information content (AvgIpc) is 2.51. The number of hydrogen-bond donors (Lipinski definition) is 1. The second-order valence-corrected chi connectivity index (χ2v) is 6.77. The molecule has 23 heavy (non-hydrogen) atoms. The summed E-state index contributed by atoms with van der Waals surface area (Å²) < 4.78 is 5.39. The maximum absolute atomic E-state index is 12.1. The van der Waals surface area contributed by atoms with Crippen LogP contribution in [0.2, 0.25) is 0 Å². The van der Waals surface area contributed by atoms with E-state index >= 15 is 0 Å².